The van der Waals surface area contributed by atoms with Gasteiger partial charge in [-0.15, -0.1) is 0 Å². The summed E-state index contributed by atoms with van der Waals surface area (Å²) in [6.07, 6.45) is 2.95. The highest BCUT2D eigenvalue weighted by atomic mass is 16.4. The standard InChI is InChI=1S/C16H22N4O4/c1-16(2)11(12(16)15(23)24)14(22)18-6-8-3-4-20-10(5-8)9(7-19-20)13(17)21/h7-8,11-12H,3-6H2,1-2H3,(H2,17,21)(H,18,22)(H,23,24)/t8?,11-,12+/m1/s1. The first-order chi connectivity index (χ1) is 11.2. The van der Waals surface area contributed by atoms with Gasteiger partial charge in [0.1, 0.15) is 0 Å². The third-order valence-electron chi connectivity index (χ3n) is 5.39. The van der Waals surface area contributed by atoms with Crippen LogP contribution in [0.5, 0.6) is 0 Å². The molecule has 24 heavy (non-hydrogen) atoms. The molecule has 0 bridgehead atoms. The van der Waals surface area contributed by atoms with Crippen LogP contribution >= 0.6 is 0 Å². The van der Waals surface area contributed by atoms with E-state index < -0.39 is 29.1 Å². The van der Waals surface area contributed by atoms with Gasteiger partial charge in [-0.05, 0) is 24.2 Å². The van der Waals surface area contributed by atoms with E-state index in [4.69, 9.17) is 10.8 Å². The van der Waals surface area contributed by atoms with Gasteiger partial charge in [0.15, 0.2) is 0 Å². The summed E-state index contributed by atoms with van der Waals surface area (Å²) < 4.78 is 1.78. The fraction of sp³-hybridized carbons (Fsp3) is 0.625. The molecule has 1 aliphatic carbocycles. The van der Waals surface area contributed by atoms with Crippen LogP contribution in [0.3, 0.4) is 0 Å². The van der Waals surface area contributed by atoms with Crippen molar-refractivity contribution in [2.45, 2.75) is 33.2 Å². The number of aromatic nitrogens is 2. The van der Waals surface area contributed by atoms with Crippen LogP contribution in [0, 0.1) is 23.2 Å². The molecular formula is C16H22N4O4. The van der Waals surface area contributed by atoms with E-state index >= 15 is 0 Å². The lowest BCUT2D eigenvalue weighted by Gasteiger charge is -2.24. The Kier molecular flexibility index (Phi) is 3.85. The van der Waals surface area contributed by atoms with E-state index in [2.05, 4.69) is 10.4 Å². The fourth-order valence-electron chi connectivity index (χ4n) is 3.82. The molecule has 1 unspecified atom stereocenters. The first-order valence-electron chi connectivity index (χ1n) is 8.08. The average molecular weight is 334 g/mol. The zero-order chi connectivity index (χ0) is 17.6. The number of carboxylic acids is 1. The molecule has 1 aromatic rings. The predicted molar refractivity (Wildman–Crippen MR) is 84.0 cm³/mol. The lowest BCUT2D eigenvalue weighted by Crippen LogP contribution is -2.35. The van der Waals surface area contributed by atoms with Crippen LogP contribution in [-0.2, 0) is 22.6 Å². The van der Waals surface area contributed by atoms with Gasteiger partial charge in [0.2, 0.25) is 5.91 Å². The summed E-state index contributed by atoms with van der Waals surface area (Å²) in [5.74, 6) is -2.54. The van der Waals surface area contributed by atoms with E-state index in [-0.39, 0.29) is 11.8 Å². The van der Waals surface area contributed by atoms with Crippen LogP contribution in [0.1, 0.15) is 36.3 Å². The number of nitrogens with zero attached hydrogens (tertiary/aromatic N) is 2. The van der Waals surface area contributed by atoms with Crippen molar-refractivity contribution < 1.29 is 19.5 Å². The van der Waals surface area contributed by atoms with Crippen LogP contribution in [0.15, 0.2) is 6.20 Å². The molecule has 8 nitrogen and oxygen atoms in total. The Morgan fingerprint density at radius 3 is 2.71 bits per heavy atom. The van der Waals surface area contributed by atoms with Crippen molar-refractivity contribution in [3.05, 3.63) is 17.5 Å². The summed E-state index contributed by atoms with van der Waals surface area (Å²) in [7, 11) is 0. The third kappa shape index (κ3) is 2.65. The van der Waals surface area contributed by atoms with Gasteiger partial charge in [0.05, 0.1) is 29.3 Å². The molecule has 2 amide bonds. The van der Waals surface area contributed by atoms with Crippen molar-refractivity contribution in [2.75, 3.05) is 6.54 Å². The quantitative estimate of drug-likeness (QED) is 0.699. The molecule has 0 radical (unpaired) electrons. The Morgan fingerprint density at radius 2 is 2.12 bits per heavy atom. The fourth-order valence-corrected chi connectivity index (χ4v) is 3.82. The Hall–Kier alpha value is -2.38. The number of rotatable bonds is 5. The number of hydrogen-bond acceptors (Lipinski definition) is 4. The van der Waals surface area contributed by atoms with E-state index in [1.165, 1.54) is 6.20 Å². The Bertz CT molecular complexity index is 709. The molecule has 8 heteroatoms. The molecule has 0 aromatic carbocycles. The highest BCUT2D eigenvalue weighted by Crippen LogP contribution is 2.58. The number of aryl methyl sites for hydroxylation is 1. The van der Waals surface area contributed by atoms with E-state index in [9.17, 15) is 14.4 Å². The summed E-state index contributed by atoms with van der Waals surface area (Å²) in [6.45, 7) is 4.74. The molecule has 1 saturated carbocycles. The molecule has 130 valence electrons. The van der Waals surface area contributed by atoms with Gasteiger partial charge in [-0.25, -0.2) is 0 Å². The minimum absolute atomic E-state index is 0.182. The average Bonchev–Trinajstić information content (AvgIpc) is 2.89. The molecular weight excluding hydrogens is 312 g/mol. The van der Waals surface area contributed by atoms with Gasteiger partial charge in [-0.2, -0.15) is 5.10 Å². The van der Waals surface area contributed by atoms with Crippen LogP contribution in [0.25, 0.3) is 0 Å². The normalized spacial score (nSPS) is 27.2. The van der Waals surface area contributed by atoms with E-state index in [0.29, 0.717) is 25.1 Å². The lowest BCUT2D eigenvalue weighted by atomic mass is 9.94. The van der Waals surface area contributed by atoms with Gasteiger partial charge < -0.3 is 16.2 Å². The first-order valence-corrected chi connectivity index (χ1v) is 8.08. The van der Waals surface area contributed by atoms with Gasteiger partial charge in [-0.3, -0.25) is 19.1 Å². The summed E-state index contributed by atoms with van der Waals surface area (Å²) in [5.41, 5.74) is 6.09. The largest absolute Gasteiger partial charge is 0.481 e. The topological polar surface area (TPSA) is 127 Å². The molecule has 2 aliphatic rings. The molecule has 1 fully saturated rings. The SMILES string of the molecule is CC1(C)[C@H](C(=O)O)[C@@H]1C(=O)NCC1CCn2ncc(C(N)=O)c2C1. The molecule has 2 heterocycles. The van der Waals surface area contributed by atoms with Crippen molar-refractivity contribution in [1.29, 1.82) is 0 Å². The van der Waals surface area contributed by atoms with Crippen molar-refractivity contribution in [1.82, 2.24) is 15.1 Å². The smallest absolute Gasteiger partial charge is 0.307 e. The summed E-state index contributed by atoms with van der Waals surface area (Å²) in [5, 5.41) is 16.2. The lowest BCUT2D eigenvalue weighted by molar-refractivity contribution is -0.140. The Labute approximate surface area is 139 Å². The Balaban J connectivity index is 1.59. The van der Waals surface area contributed by atoms with Gasteiger partial charge in [0, 0.05) is 13.1 Å². The van der Waals surface area contributed by atoms with Crippen LogP contribution in [0.2, 0.25) is 0 Å². The number of primary amides is 1. The second kappa shape index (κ2) is 5.61. The van der Waals surface area contributed by atoms with Crippen molar-refractivity contribution in [2.24, 2.45) is 28.9 Å². The second-order valence-electron chi connectivity index (χ2n) is 7.31. The molecule has 0 spiro atoms. The van der Waals surface area contributed by atoms with E-state index in [1.807, 2.05) is 0 Å². The number of carboxylic acid groups (broad SMARTS) is 1. The predicted octanol–water partition coefficient (Wildman–Crippen LogP) is 0.0174. The van der Waals surface area contributed by atoms with Gasteiger partial charge >= 0.3 is 5.97 Å². The monoisotopic (exact) mass is 334 g/mol. The maximum absolute atomic E-state index is 12.3. The first kappa shape index (κ1) is 16.5. The van der Waals surface area contributed by atoms with E-state index in [0.717, 1.165) is 12.1 Å². The number of carbonyl (C=O) groups is 3. The number of nitrogens with two attached hydrogens (primary N) is 1. The number of nitrogens with one attached hydrogen (secondary N) is 1. The van der Waals surface area contributed by atoms with Gasteiger partial charge in [0.25, 0.3) is 5.91 Å². The number of aliphatic carboxylic acids is 1. The van der Waals surface area contributed by atoms with Crippen LogP contribution in [-0.4, -0.2) is 39.2 Å². The summed E-state index contributed by atoms with van der Waals surface area (Å²) >= 11 is 0. The minimum atomic E-state index is -0.923. The minimum Gasteiger partial charge on any atom is -0.481 e. The number of carbonyl (C=O) groups excluding carboxylic acids is 2. The number of fused-ring (bicyclic) bond motifs is 1. The molecule has 1 aromatic heterocycles. The molecule has 1 aliphatic heterocycles. The van der Waals surface area contributed by atoms with Gasteiger partial charge in [-0.1, -0.05) is 13.8 Å². The highest BCUT2D eigenvalue weighted by molar-refractivity contribution is 5.93. The number of amides is 2. The maximum Gasteiger partial charge on any atom is 0.307 e. The molecule has 4 N–H and O–H groups in total. The summed E-state index contributed by atoms with van der Waals surface area (Å²) in [4.78, 5) is 34.9. The van der Waals surface area contributed by atoms with Crippen LogP contribution < -0.4 is 11.1 Å². The zero-order valence-corrected chi connectivity index (χ0v) is 13.8. The number of hydrogen-bond donors (Lipinski definition) is 3. The maximum atomic E-state index is 12.3. The second-order valence-corrected chi connectivity index (χ2v) is 7.31. The Morgan fingerprint density at radius 1 is 1.42 bits per heavy atom. The molecule has 0 saturated heterocycles. The van der Waals surface area contributed by atoms with Crippen molar-refractivity contribution in [3.63, 3.8) is 0 Å². The zero-order valence-electron chi connectivity index (χ0n) is 13.8. The van der Waals surface area contributed by atoms with Crippen LogP contribution in [0.4, 0.5) is 0 Å². The van der Waals surface area contributed by atoms with Crippen molar-refractivity contribution in [3.8, 4) is 0 Å². The highest BCUT2D eigenvalue weighted by Gasteiger charge is 2.65. The van der Waals surface area contributed by atoms with E-state index in [1.54, 1.807) is 18.5 Å². The molecule has 3 rings (SSSR count). The van der Waals surface area contributed by atoms with Crippen molar-refractivity contribution >= 4 is 17.8 Å². The third-order valence-corrected chi connectivity index (χ3v) is 5.39. The summed E-state index contributed by atoms with van der Waals surface area (Å²) in [6, 6.07) is 0. The molecule has 3 atom stereocenters.